The third kappa shape index (κ3) is 6.31. The Labute approximate surface area is 82.2 Å². The molecule has 0 radical (unpaired) electrons. The average molecular weight is 185 g/mol. The van der Waals surface area contributed by atoms with E-state index in [-0.39, 0.29) is 5.54 Å². The molecule has 0 saturated heterocycles. The van der Waals surface area contributed by atoms with E-state index < -0.39 is 0 Å². The van der Waals surface area contributed by atoms with Crippen LogP contribution < -0.4 is 0 Å². The lowest BCUT2D eigenvalue weighted by Gasteiger charge is -2.17. The van der Waals surface area contributed by atoms with Crippen LogP contribution in [-0.4, -0.2) is 15.0 Å². The van der Waals surface area contributed by atoms with Gasteiger partial charge in [-0.25, -0.2) is 4.68 Å². The molecule has 0 aromatic carbocycles. The number of nitrogens with zero attached hydrogens (tertiary/aromatic N) is 3. The second-order valence-electron chi connectivity index (χ2n) is 3.02. The highest BCUT2D eigenvalue weighted by molar-refractivity contribution is 4.74. The number of rotatable bonds is 0. The van der Waals surface area contributed by atoms with E-state index in [0.717, 1.165) is 0 Å². The number of hydrogen-bond donors (Lipinski definition) is 0. The van der Waals surface area contributed by atoms with Crippen molar-refractivity contribution >= 4 is 0 Å². The van der Waals surface area contributed by atoms with Crippen LogP contribution in [0.15, 0.2) is 12.4 Å². The Hall–Kier alpha value is -0.860. The van der Waals surface area contributed by atoms with Crippen LogP contribution in [0.25, 0.3) is 0 Å². The quantitative estimate of drug-likeness (QED) is 0.622. The molecule has 1 rings (SSSR count). The van der Waals surface area contributed by atoms with Crippen LogP contribution >= 0.6 is 0 Å². The first-order valence-electron chi connectivity index (χ1n) is 4.97. The van der Waals surface area contributed by atoms with Gasteiger partial charge in [0.25, 0.3) is 0 Å². The smallest absolute Gasteiger partial charge is 0.0693 e. The fourth-order valence-electron chi connectivity index (χ4n) is 0.566. The Balaban J connectivity index is 0. The van der Waals surface area contributed by atoms with Crippen LogP contribution in [0.3, 0.4) is 0 Å². The molecule has 0 saturated carbocycles. The molecule has 0 atom stereocenters. The molecule has 0 aliphatic rings. The minimum atomic E-state index is 0.0660. The van der Waals surface area contributed by atoms with Gasteiger partial charge in [-0.1, -0.05) is 32.9 Å². The van der Waals surface area contributed by atoms with Gasteiger partial charge in [-0.15, -0.1) is 5.10 Å². The molecule has 0 aliphatic heterocycles. The maximum Gasteiger partial charge on any atom is 0.0693 e. The van der Waals surface area contributed by atoms with E-state index in [0.29, 0.717) is 0 Å². The first kappa shape index (κ1) is 14.7. The molecule has 0 spiro atoms. The Morgan fingerprint density at radius 2 is 1.46 bits per heavy atom. The van der Waals surface area contributed by atoms with Gasteiger partial charge in [-0.05, 0) is 20.8 Å². The Morgan fingerprint density at radius 1 is 1.00 bits per heavy atom. The van der Waals surface area contributed by atoms with E-state index in [9.17, 15) is 0 Å². The standard InChI is InChI=1S/C6H11N3.2C2H6/c1-6(2,3)9-5-4-7-8-9;2*1-2/h4-5H,1-3H3;2*1-2H3. The van der Waals surface area contributed by atoms with Gasteiger partial charge in [0.1, 0.15) is 0 Å². The van der Waals surface area contributed by atoms with E-state index in [1.807, 2.05) is 38.6 Å². The Morgan fingerprint density at radius 3 is 1.62 bits per heavy atom. The second kappa shape index (κ2) is 7.77. The first-order valence-corrected chi connectivity index (χ1v) is 4.97. The van der Waals surface area contributed by atoms with Crippen molar-refractivity contribution in [3.05, 3.63) is 12.4 Å². The predicted octanol–water partition coefficient (Wildman–Crippen LogP) is 3.09. The summed E-state index contributed by atoms with van der Waals surface area (Å²) in [6.07, 6.45) is 3.55. The number of aromatic nitrogens is 3. The summed E-state index contributed by atoms with van der Waals surface area (Å²) < 4.78 is 1.83. The summed E-state index contributed by atoms with van der Waals surface area (Å²) in [7, 11) is 0. The van der Waals surface area contributed by atoms with Crippen LogP contribution in [0.2, 0.25) is 0 Å². The topological polar surface area (TPSA) is 30.7 Å². The van der Waals surface area contributed by atoms with Crippen molar-refractivity contribution in [3.63, 3.8) is 0 Å². The normalized spacial score (nSPS) is 9.15. The van der Waals surface area contributed by atoms with Gasteiger partial charge in [-0.3, -0.25) is 0 Å². The van der Waals surface area contributed by atoms with E-state index in [1.165, 1.54) is 0 Å². The fraction of sp³-hybridized carbons (Fsp3) is 0.800. The highest BCUT2D eigenvalue weighted by Crippen LogP contribution is 2.09. The van der Waals surface area contributed by atoms with Crippen molar-refractivity contribution in [1.29, 1.82) is 0 Å². The third-order valence-corrected chi connectivity index (χ3v) is 1.11. The average Bonchev–Trinajstić information content (AvgIpc) is 2.63. The number of hydrogen-bond acceptors (Lipinski definition) is 2. The molecule has 1 heterocycles. The predicted molar refractivity (Wildman–Crippen MR) is 57.7 cm³/mol. The van der Waals surface area contributed by atoms with Gasteiger partial charge in [0.2, 0.25) is 0 Å². The van der Waals surface area contributed by atoms with Crippen LogP contribution in [0, 0.1) is 0 Å². The molecule has 0 unspecified atom stereocenters. The summed E-state index contributed by atoms with van der Waals surface area (Å²) >= 11 is 0. The molecule has 0 bridgehead atoms. The van der Waals surface area contributed by atoms with Gasteiger partial charge in [0.05, 0.1) is 11.7 Å². The van der Waals surface area contributed by atoms with Gasteiger partial charge in [0.15, 0.2) is 0 Å². The minimum absolute atomic E-state index is 0.0660. The van der Waals surface area contributed by atoms with Crippen molar-refractivity contribution < 1.29 is 0 Å². The van der Waals surface area contributed by atoms with E-state index in [4.69, 9.17) is 0 Å². The molecule has 3 nitrogen and oxygen atoms in total. The van der Waals surface area contributed by atoms with Crippen molar-refractivity contribution in [2.24, 2.45) is 0 Å². The molecular formula is C10H23N3. The van der Waals surface area contributed by atoms with Gasteiger partial charge < -0.3 is 0 Å². The van der Waals surface area contributed by atoms with E-state index in [1.54, 1.807) is 6.20 Å². The molecule has 13 heavy (non-hydrogen) atoms. The summed E-state index contributed by atoms with van der Waals surface area (Å²) in [5.74, 6) is 0. The monoisotopic (exact) mass is 185 g/mol. The SMILES string of the molecule is CC.CC.CC(C)(C)n1ccnn1. The van der Waals surface area contributed by atoms with Crippen molar-refractivity contribution in [2.75, 3.05) is 0 Å². The molecule has 78 valence electrons. The van der Waals surface area contributed by atoms with Gasteiger partial charge in [-0.2, -0.15) is 0 Å². The molecular weight excluding hydrogens is 162 g/mol. The Bertz CT molecular complexity index is 173. The molecule has 1 aromatic rings. The summed E-state index contributed by atoms with van der Waals surface area (Å²) in [5, 5.41) is 7.56. The maximum atomic E-state index is 3.85. The van der Waals surface area contributed by atoms with E-state index >= 15 is 0 Å². The second-order valence-corrected chi connectivity index (χ2v) is 3.02. The zero-order valence-electron chi connectivity index (χ0n) is 10.00. The summed E-state index contributed by atoms with van der Waals surface area (Å²) in [6, 6.07) is 0. The highest BCUT2D eigenvalue weighted by Gasteiger charge is 2.11. The van der Waals surface area contributed by atoms with Crippen LogP contribution in [-0.2, 0) is 5.54 Å². The van der Waals surface area contributed by atoms with E-state index in [2.05, 4.69) is 31.1 Å². The summed E-state index contributed by atoms with van der Waals surface area (Å²) in [4.78, 5) is 0. The molecule has 0 fully saturated rings. The molecule has 3 heteroatoms. The maximum absolute atomic E-state index is 3.85. The third-order valence-electron chi connectivity index (χ3n) is 1.11. The van der Waals surface area contributed by atoms with Crippen molar-refractivity contribution in [1.82, 2.24) is 15.0 Å². The van der Waals surface area contributed by atoms with Gasteiger partial charge >= 0.3 is 0 Å². The highest BCUT2D eigenvalue weighted by atomic mass is 15.4. The molecule has 0 N–H and O–H groups in total. The zero-order chi connectivity index (χ0) is 10.9. The van der Waals surface area contributed by atoms with Crippen LogP contribution in [0.5, 0.6) is 0 Å². The summed E-state index contributed by atoms with van der Waals surface area (Å²) in [6.45, 7) is 14.3. The lowest BCUT2D eigenvalue weighted by molar-refractivity contribution is 0.347. The summed E-state index contributed by atoms with van der Waals surface area (Å²) in [5.41, 5.74) is 0.0660. The molecule has 0 amide bonds. The van der Waals surface area contributed by atoms with Crippen molar-refractivity contribution in [3.8, 4) is 0 Å². The van der Waals surface area contributed by atoms with Crippen LogP contribution in [0.1, 0.15) is 48.5 Å². The Kier molecular flexibility index (Phi) is 8.76. The lowest BCUT2D eigenvalue weighted by Crippen LogP contribution is -2.22. The zero-order valence-corrected chi connectivity index (χ0v) is 10.00. The van der Waals surface area contributed by atoms with Gasteiger partial charge in [0, 0.05) is 6.20 Å². The first-order chi connectivity index (χ1) is 6.11. The minimum Gasteiger partial charge on any atom is -0.247 e. The lowest BCUT2D eigenvalue weighted by atomic mass is 10.1. The molecule has 1 aromatic heterocycles. The van der Waals surface area contributed by atoms with Crippen molar-refractivity contribution in [2.45, 2.75) is 54.0 Å². The molecule has 0 aliphatic carbocycles. The van der Waals surface area contributed by atoms with Crippen LogP contribution in [0.4, 0.5) is 0 Å². The fourth-order valence-corrected chi connectivity index (χ4v) is 0.566. The largest absolute Gasteiger partial charge is 0.247 e.